The van der Waals surface area contributed by atoms with Crippen LogP contribution in [0.2, 0.25) is 10.0 Å². The van der Waals surface area contributed by atoms with E-state index in [0.717, 1.165) is 4.88 Å². The first kappa shape index (κ1) is 26.8. The Kier molecular flexibility index (Phi) is 9.05. The molecule has 1 aromatic heterocycles. The van der Waals surface area contributed by atoms with Crippen LogP contribution < -0.4 is 15.5 Å². The molecule has 10 heteroatoms. The SMILES string of the molecule is O=C(NN=Cc1ccc(OC(=O)c2ccc(Cl)cc2Cl)cc1)C(=Cc1cccs1)NC(=O)c1ccccc1. The van der Waals surface area contributed by atoms with Gasteiger partial charge in [0.25, 0.3) is 11.8 Å². The lowest BCUT2D eigenvalue weighted by Gasteiger charge is -2.09. The van der Waals surface area contributed by atoms with Crippen molar-refractivity contribution >= 4 is 64.6 Å². The lowest BCUT2D eigenvalue weighted by Crippen LogP contribution is -2.32. The summed E-state index contributed by atoms with van der Waals surface area (Å²) in [4.78, 5) is 38.6. The van der Waals surface area contributed by atoms with Crippen LogP contribution in [0.4, 0.5) is 0 Å². The molecule has 4 rings (SSSR count). The predicted molar refractivity (Wildman–Crippen MR) is 150 cm³/mol. The fourth-order valence-electron chi connectivity index (χ4n) is 3.12. The fourth-order valence-corrected chi connectivity index (χ4v) is 4.27. The molecule has 1 heterocycles. The van der Waals surface area contributed by atoms with E-state index >= 15 is 0 Å². The Balaban J connectivity index is 1.39. The molecule has 3 aromatic carbocycles. The number of nitrogens with one attached hydrogen (secondary N) is 2. The minimum atomic E-state index is -0.622. The summed E-state index contributed by atoms with van der Waals surface area (Å²) in [6, 6.07) is 23.2. The van der Waals surface area contributed by atoms with Gasteiger partial charge in [-0.3, -0.25) is 9.59 Å². The first-order valence-corrected chi connectivity index (χ1v) is 12.7. The summed E-state index contributed by atoms with van der Waals surface area (Å²) in [5.74, 6) is -1.34. The van der Waals surface area contributed by atoms with Crippen LogP contribution in [-0.2, 0) is 4.79 Å². The number of hydrazone groups is 1. The fraction of sp³-hybridized carbons (Fsp3) is 0. The summed E-state index contributed by atoms with van der Waals surface area (Å²) in [5, 5.41) is 9.09. The minimum Gasteiger partial charge on any atom is -0.423 e. The molecule has 0 aliphatic heterocycles. The number of ether oxygens (including phenoxy) is 1. The highest BCUT2D eigenvalue weighted by molar-refractivity contribution is 7.10. The van der Waals surface area contributed by atoms with E-state index in [1.54, 1.807) is 66.7 Å². The zero-order chi connectivity index (χ0) is 26.9. The second kappa shape index (κ2) is 12.8. The molecule has 7 nitrogen and oxygen atoms in total. The molecule has 2 amide bonds. The number of hydrogen-bond acceptors (Lipinski definition) is 6. The second-order valence-corrected chi connectivity index (χ2v) is 9.50. The highest BCUT2D eigenvalue weighted by atomic mass is 35.5. The number of benzene rings is 3. The average Bonchev–Trinajstić information content (AvgIpc) is 3.43. The number of carbonyl (C=O) groups is 3. The molecule has 0 aliphatic rings. The van der Waals surface area contributed by atoms with Crippen LogP contribution in [-0.4, -0.2) is 24.0 Å². The van der Waals surface area contributed by atoms with Crippen LogP contribution in [0, 0.1) is 0 Å². The van der Waals surface area contributed by atoms with E-state index in [-0.39, 0.29) is 16.3 Å². The number of carbonyl (C=O) groups excluding carboxylic acids is 3. The zero-order valence-corrected chi connectivity index (χ0v) is 21.9. The molecule has 2 N–H and O–H groups in total. The highest BCUT2D eigenvalue weighted by Gasteiger charge is 2.15. The third-order valence-electron chi connectivity index (χ3n) is 4.98. The Morgan fingerprint density at radius 2 is 1.66 bits per heavy atom. The van der Waals surface area contributed by atoms with E-state index in [2.05, 4.69) is 15.8 Å². The first-order valence-electron chi connectivity index (χ1n) is 11.1. The summed E-state index contributed by atoms with van der Waals surface area (Å²) in [5.41, 5.74) is 3.70. The van der Waals surface area contributed by atoms with E-state index in [0.29, 0.717) is 21.9 Å². The van der Waals surface area contributed by atoms with Gasteiger partial charge in [-0.2, -0.15) is 5.10 Å². The quantitative estimate of drug-likeness (QED) is 0.0877. The van der Waals surface area contributed by atoms with Gasteiger partial charge in [0, 0.05) is 15.5 Å². The maximum Gasteiger partial charge on any atom is 0.345 e. The van der Waals surface area contributed by atoms with Crippen molar-refractivity contribution in [2.75, 3.05) is 0 Å². The van der Waals surface area contributed by atoms with E-state index < -0.39 is 17.8 Å². The topological polar surface area (TPSA) is 96.9 Å². The lowest BCUT2D eigenvalue weighted by molar-refractivity contribution is -0.117. The predicted octanol–water partition coefficient (Wildman–Crippen LogP) is 6.20. The van der Waals surface area contributed by atoms with Crippen LogP contribution >= 0.6 is 34.5 Å². The molecule has 0 fully saturated rings. The lowest BCUT2D eigenvalue weighted by atomic mass is 10.2. The smallest absolute Gasteiger partial charge is 0.345 e. The Labute approximate surface area is 232 Å². The minimum absolute atomic E-state index is 0.0431. The van der Waals surface area contributed by atoms with Gasteiger partial charge < -0.3 is 10.1 Å². The van der Waals surface area contributed by atoms with Crippen molar-refractivity contribution in [3.8, 4) is 5.75 Å². The number of esters is 1. The molecule has 0 aliphatic carbocycles. The van der Waals surface area contributed by atoms with Crippen molar-refractivity contribution in [3.63, 3.8) is 0 Å². The third-order valence-corrected chi connectivity index (χ3v) is 6.35. The number of rotatable bonds is 8. The van der Waals surface area contributed by atoms with E-state index in [1.165, 1.54) is 29.7 Å². The monoisotopic (exact) mass is 563 g/mol. The molecule has 0 radical (unpaired) electrons. The Hall–Kier alpha value is -4.24. The molecule has 0 bridgehead atoms. The van der Waals surface area contributed by atoms with Gasteiger partial charge in [-0.1, -0.05) is 47.5 Å². The van der Waals surface area contributed by atoms with Crippen LogP contribution in [0.1, 0.15) is 31.2 Å². The average molecular weight is 564 g/mol. The van der Waals surface area contributed by atoms with Crippen molar-refractivity contribution in [1.82, 2.24) is 10.7 Å². The van der Waals surface area contributed by atoms with Gasteiger partial charge in [0.05, 0.1) is 16.8 Å². The van der Waals surface area contributed by atoms with Gasteiger partial charge in [0.1, 0.15) is 11.4 Å². The maximum absolute atomic E-state index is 12.8. The number of thiophene rings is 1. The Morgan fingerprint density at radius 1 is 0.895 bits per heavy atom. The molecule has 0 atom stereocenters. The van der Waals surface area contributed by atoms with Crippen molar-refractivity contribution in [2.45, 2.75) is 0 Å². The molecule has 0 unspecified atom stereocenters. The number of nitrogens with zero attached hydrogens (tertiary/aromatic N) is 1. The van der Waals surface area contributed by atoms with Gasteiger partial charge in [-0.05, 0) is 77.7 Å². The normalized spacial score (nSPS) is 11.3. The van der Waals surface area contributed by atoms with Gasteiger partial charge in [0.2, 0.25) is 0 Å². The standard InChI is InChI=1S/C28H19Cl2N3O4S/c29-20-10-13-23(24(30)15-20)28(36)37-21-11-8-18(9-12-21)17-31-33-27(35)25(16-22-7-4-14-38-22)32-26(34)19-5-2-1-3-6-19/h1-17H,(H,32,34)(H,33,35). The summed E-state index contributed by atoms with van der Waals surface area (Å²) >= 11 is 13.3. The van der Waals surface area contributed by atoms with E-state index in [4.69, 9.17) is 27.9 Å². The Morgan fingerprint density at radius 3 is 2.34 bits per heavy atom. The molecule has 0 saturated carbocycles. The summed E-state index contributed by atoms with van der Waals surface area (Å²) in [6.45, 7) is 0. The molecule has 0 saturated heterocycles. The van der Waals surface area contributed by atoms with Gasteiger partial charge in [0.15, 0.2) is 0 Å². The third kappa shape index (κ3) is 7.39. The van der Waals surface area contributed by atoms with Gasteiger partial charge >= 0.3 is 5.97 Å². The summed E-state index contributed by atoms with van der Waals surface area (Å²) < 4.78 is 5.35. The number of hydrogen-bond donors (Lipinski definition) is 2. The molecular formula is C28H19Cl2N3O4S. The van der Waals surface area contributed by atoms with Crippen LogP contribution in [0.5, 0.6) is 5.75 Å². The zero-order valence-electron chi connectivity index (χ0n) is 19.6. The summed E-state index contributed by atoms with van der Waals surface area (Å²) in [6.07, 6.45) is 2.99. The van der Waals surface area contributed by atoms with Crippen LogP contribution in [0.25, 0.3) is 6.08 Å². The first-order chi connectivity index (χ1) is 18.4. The second-order valence-electron chi connectivity index (χ2n) is 7.68. The van der Waals surface area contributed by atoms with Crippen LogP contribution in [0.15, 0.2) is 101 Å². The highest BCUT2D eigenvalue weighted by Crippen LogP contribution is 2.23. The molecule has 38 heavy (non-hydrogen) atoms. The van der Waals surface area contributed by atoms with Crippen LogP contribution in [0.3, 0.4) is 0 Å². The van der Waals surface area contributed by atoms with Crippen molar-refractivity contribution < 1.29 is 19.1 Å². The van der Waals surface area contributed by atoms with Crippen molar-refractivity contribution in [3.05, 3.63) is 128 Å². The molecule has 0 spiro atoms. The largest absolute Gasteiger partial charge is 0.423 e. The number of amides is 2. The molecular weight excluding hydrogens is 545 g/mol. The summed E-state index contributed by atoms with van der Waals surface area (Å²) in [7, 11) is 0. The van der Waals surface area contributed by atoms with E-state index in [1.807, 2.05) is 17.5 Å². The van der Waals surface area contributed by atoms with E-state index in [9.17, 15) is 14.4 Å². The number of halogens is 2. The van der Waals surface area contributed by atoms with Crippen molar-refractivity contribution in [1.29, 1.82) is 0 Å². The van der Waals surface area contributed by atoms with Gasteiger partial charge in [-0.15, -0.1) is 11.3 Å². The van der Waals surface area contributed by atoms with Crippen molar-refractivity contribution in [2.24, 2.45) is 5.10 Å². The molecule has 190 valence electrons. The Bertz CT molecular complexity index is 1500. The maximum atomic E-state index is 12.8. The van der Waals surface area contributed by atoms with Gasteiger partial charge in [-0.25, -0.2) is 10.2 Å². The molecule has 4 aromatic rings.